The van der Waals surface area contributed by atoms with E-state index in [4.69, 9.17) is 4.74 Å². The van der Waals surface area contributed by atoms with Crippen molar-refractivity contribution >= 4 is 21.6 Å². The molecule has 2 rings (SSSR count). The summed E-state index contributed by atoms with van der Waals surface area (Å²) in [4.78, 5) is 2.46. The molecule has 0 aliphatic carbocycles. The highest BCUT2D eigenvalue weighted by molar-refractivity contribution is 9.10. The van der Waals surface area contributed by atoms with Gasteiger partial charge in [-0.15, -0.1) is 0 Å². The summed E-state index contributed by atoms with van der Waals surface area (Å²) < 4.78 is 6.36. The van der Waals surface area contributed by atoms with Crippen molar-refractivity contribution in [1.82, 2.24) is 5.32 Å². The molecule has 0 aromatic heterocycles. The SMILES string of the molecule is CCC1CNCCN1c1ccc(Br)c(OC)c1. The van der Waals surface area contributed by atoms with E-state index in [1.165, 1.54) is 5.69 Å². The lowest BCUT2D eigenvalue weighted by Crippen LogP contribution is -2.51. The standard InChI is InChI=1S/C13H19BrN2O/c1-3-10-9-15-6-7-16(10)11-4-5-12(14)13(8-11)17-2/h4-5,8,10,15H,3,6-7,9H2,1-2H3. The summed E-state index contributed by atoms with van der Waals surface area (Å²) in [5.74, 6) is 0.899. The maximum atomic E-state index is 5.36. The Morgan fingerprint density at radius 2 is 2.35 bits per heavy atom. The summed E-state index contributed by atoms with van der Waals surface area (Å²) >= 11 is 3.49. The maximum absolute atomic E-state index is 5.36. The topological polar surface area (TPSA) is 24.5 Å². The molecule has 1 aromatic rings. The lowest BCUT2D eigenvalue weighted by Gasteiger charge is -2.37. The fourth-order valence-corrected chi connectivity index (χ4v) is 2.70. The molecule has 1 fully saturated rings. The van der Waals surface area contributed by atoms with Crippen LogP contribution in [0.5, 0.6) is 5.75 Å². The Kier molecular flexibility index (Phi) is 4.29. The fourth-order valence-electron chi connectivity index (χ4n) is 2.29. The van der Waals surface area contributed by atoms with Gasteiger partial charge in [0.15, 0.2) is 0 Å². The first kappa shape index (κ1) is 12.7. The van der Waals surface area contributed by atoms with Crippen molar-refractivity contribution in [2.45, 2.75) is 19.4 Å². The summed E-state index contributed by atoms with van der Waals surface area (Å²) in [6, 6.07) is 6.90. The fraction of sp³-hybridized carbons (Fsp3) is 0.538. The molecule has 1 atom stereocenters. The number of hydrogen-bond acceptors (Lipinski definition) is 3. The second-order valence-electron chi connectivity index (χ2n) is 4.28. The molecule has 1 aliphatic heterocycles. The predicted octanol–water partition coefficient (Wildman–Crippen LogP) is 2.65. The molecule has 1 aliphatic rings. The van der Waals surface area contributed by atoms with Crippen molar-refractivity contribution in [2.75, 3.05) is 31.6 Å². The number of halogens is 1. The van der Waals surface area contributed by atoms with E-state index in [1.807, 2.05) is 0 Å². The third kappa shape index (κ3) is 2.75. The summed E-state index contributed by atoms with van der Waals surface area (Å²) in [7, 11) is 1.71. The van der Waals surface area contributed by atoms with E-state index >= 15 is 0 Å². The van der Waals surface area contributed by atoms with Gasteiger partial charge in [-0.25, -0.2) is 0 Å². The molecule has 0 amide bonds. The number of piperazine rings is 1. The highest BCUT2D eigenvalue weighted by atomic mass is 79.9. The Labute approximate surface area is 111 Å². The zero-order valence-corrected chi connectivity index (χ0v) is 12.0. The lowest BCUT2D eigenvalue weighted by molar-refractivity contribution is 0.411. The van der Waals surface area contributed by atoms with Crippen molar-refractivity contribution in [3.05, 3.63) is 22.7 Å². The van der Waals surface area contributed by atoms with Crippen LogP contribution in [0.4, 0.5) is 5.69 Å². The lowest BCUT2D eigenvalue weighted by atomic mass is 10.1. The van der Waals surface area contributed by atoms with Gasteiger partial charge in [-0.3, -0.25) is 0 Å². The van der Waals surface area contributed by atoms with E-state index in [1.54, 1.807) is 7.11 Å². The van der Waals surface area contributed by atoms with Crippen LogP contribution in [0.3, 0.4) is 0 Å². The Morgan fingerprint density at radius 3 is 3.06 bits per heavy atom. The monoisotopic (exact) mass is 298 g/mol. The molecule has 0 radical (unpaired) electrons. The van der Waals surface area contributed by atoms with E-state index in [0.29, 0.717) is 6.04 Å². The van der Waals surface area contributed by atoms with Crippen molar-refractivity contribution < 1.29 is 4.74 Å². The van der Waals surface area contributed by atoms with E-state index in [9.17, 15) is 0 Å². The summed E-state index contributed by atoms with van der Waals surface area (Å²) in [5, 5.41) is 3.44. The van der Waals surface area contributed by atoms with E-state index in [2.05, 4.69) is 51.3 Å². The molecule has 1 aromatic carbocycles. The second kappa shape index (κ2) is 5.74. The van der Waals surface area contributed by atoms with Gasteiger partial charge in [0.1, 0.15) is 5.75 Å². The van der Waals surface area contributed by atoms with Gasteiger partial charge in [-0.05, 0) is 34.5 Å². The van der Waals surface area contributed by atoms with Gasteiger partial charge in [-0.2, -0.15) is 0 Å². The van der Waals surface area contributed by atoms with Crippen molar-refractivity contribution in [3.8, 4) is 5.75 Å². The first-order valence-corrected chi connectivity index (χ1v) is 6.86. The van der Waals surface area contributed by atoms with E-state index in [-0.39, 0.29) is 0 Å². The van der Waals surface area contributed by atoms with Crippen LogP contribution in [0.2, 0.25) is 0 Å². The molecule has 1 saturated heterocycles. The van der Waals surface area contributed by atoms with Crippen LogP contribution in [0.1, 0.15) is 13.3 Å². The Morgan fingerprint density at radius 1 is 1.53 bits per heavy atom. The van der Waals surface area contributed by atoms with Gasteiger partial charge in [0.2, 0.25) is 0 Å². The molecule has 0 bridgehead atoms. The summed E-state index contributed by atoms with van der Waals surface area (Å²) in [6.07, 6.45) is 1.16. The van der Waals surface area contributed by atoms with Crippen molar-refractivity contribution in [2.24, 2.45) is 0 Å². The number of benzene rings is 1. The number of hydrogen-bond donors (Lipinski definition) is 1. The van der Waals surface area contributed by atoms with Crippen LogP contribution in [-0.4, -0.2) is 32.8 Å². The third-order valence-electron chi connectivity index (χ3n) is 3.29. The van der Waals surface area contributed by atoms with Crippen LogP contribution in [0.25, 0.3) is 0 Å². The number of methoxy groups -OCH3 is 1. The number of nitrogens with one attached hydrogen (secondary N) is 1. The average Bonchev–Trinajstić information content (AvgIpc) is 2.39. The predicted molar refractivity (Wildman–Crippen MR) is 75.0 cm³/mol. The zero-order valence-electron chi connectivity index (χ0n) is 10.4. The van der Waals surface area contributed by atoms with Crippen molar-refractivity contribution in [3.63, 3.8) is 0 Å². The molecule has 0 spiro atoms. The second-order valence-corrected chi connectivity index (χ2v) is 5.13. The number of anilines is 1. The van der Waals surface area contributed by atoms with Gasteiger partial charge in [0.25, 0.3) is 0 Å². The van der Waals surface area contributed by atoms with Gasteiger partial charge in [0, 0.05) is 37.4 Å². The number of rotatable bonds is 3. The zero-order chi connectivity index (χ0) is 12.3. The minimum Gasteiger partial charge on any atom is -0.495 e. The normalized spacial score (nSPS) is 20.4. The molecular formula is C13H19BrN2O. The van der Waals surface area contributed by atoms with Crippen LogP contribution >= 0.6 is 15.9 Å². The van der Waals surface area contributed by atoms with Crippen LogP contribution in [-0.2, 0) is 0 Å². The molecule has 17 heavy (non-hydrogen) atoms. The van der Waals surface area contributed by atoms with E-state index in [0.717, 1.165) is 36.3 Å². The highest BCUT2D eigenvalue weighted by Gasteiger charge is 2.21. The van der Waals surface area contributed by atoms with Crippen molar-refractivity contribution in [1.29, 1.82) is 0 Å². The van der Waals surface area contributed by atoms with Gasteiger partial charge in [0.05, 0.1) is 11.6 Å². The minimum absolute atomic E-state index is 0.578. The van der Waals surface area contributed by atoms with Crippen LogP contribution in [0.15, 0.2) is 22.7 Å². The Hall–Kier alpha value is -0.740. The van der Waals surface area contributed by atoms with Gasteiger partial charge < -0.3 is 15.0 Å². The van der Waals surface area contributed by atoms with Gasteiger partial charge in [-0.1, -0.05) is 6.92 Å². The molecular weight excluding hydrogens is 280 g/mol. The molecule has 0 saturated carbocycles. The molecule has 1 unspecified atom stereocenters. The molecule has 3 nitrogen and oxygen atoms in total. The summed E-state index contributed by atoms with van der Waals surface area (Å²) in [6.45, 7) is 5.41. The molecule has 94 valence electrons. The first-order valence-electron chi connectivity index (χ1n) is 6.07. The Bertz CT molecular complexity index is 384. The van der Waals surface area contributed by atoms with Crippen LogP contribution in [0, 0.1) is 0 Å². The summed E-state index contributed by atoms with van der Waals surface area (Å²) in [5.41, 5.74) is 1.25. The third-order valence-corrected chi connectivity index (χ3v) is 3.94. The molecule has 1 heterocycles. The Balaban J connectivity index is 2.25. The number of nitrogens with zero attached hydrogens (tertiary/aromatic N) is 1. The van der Waals surface area contributed by atoms with Crippen LogP contribution < -0.4 is 15.0 Å². The maximum Gasteiger partial charge on any atom is 0.135 e. The minimum atomic E-state index is 0.578. The largest absolute Gasteiger partial charge is 0.495 e. The van der Waals surface area contributed by atoms with Gasteiger partial charge >= 0.3 is 0 Å². The quantitative estimate of drug-likeness (QED) is 0.928. The van der Waals surface area contributed by atoms with E-state index < -0.39 is 0 Å². The highest BCUT2D eigenvalue weighted by Crippen LogP contribution is 2.31. The molecule has 1 N–H and O–H groups in total. The average molecular weight is 299 g/mol. The molecule has 4 heteroatoms. The smallest absolute Gasteiger partial charge is 0.135 e. The number of ether oxygens (including phenoxy) is 1. The first-order chi connectivity index (χ1) is 8.26.